The van der Waals surface area contributed by atoms with E-state index in [1.807, 2.05) is 36.4 Å². The number of halogens is 1. The Balaban J connectivity index is 1.69. The third-order valence-electron chi connectivity index (χ3n) is 3.12. The number of rotatable bonds is 7. The van der Waals surface area contributed by atoms with Crippen LogP contribution in [0.2, 0.25) is 5.02 Å². The molecule has 0 saturated heterocycles. The molecule has 0 atom stereocenters. The summed E-state index contributed by atoms with van der Waals surface area (Å²) in [6.07, 6.45) is 0.439. The first-order chi connectivity index (χ1) is 11.5. The maximum absolute atomic E-state index is 11.9. The zero-order valence-electron chi connectivity index (χ0n) is 12.9. The number of primary amides is 1. The van der Waals surface area contributed by atoms with E-state index >= 15 is 0 Å². The van der Waals surface area contributed by atoms with Crippen molar-refractivity contribution in [1.82, 2.24) is 5.32 Å². The highest BCUT2D eigenvalue weighted by atomic mass is 35.5. The zero-order chi connectivity index (χ0) is 17.4. The molecule has 0 fully saturated rings. The highest BCUT2D eigenvalue weighted by Gasteiger charge is 2.03. The molecule has 0 radical (unpaired) electrons. The predicted octanol–water partition coefficient (Wildman–Crippen LogP) is 3.63. The molecule has 24 heavy (non-hydrogen) atoms. The number of carbonyl (C=O) groups excluding carboxylic acids is 2. The fourth-order valence-electron chi connectivity index (χ4n) is 1.93. The van der Waals surface area contributed by atoms with Crippen LogP contribution in [0.4, 0.5) is 10.5 Å². The first kappa shape index (κ1) is 18.2. The van der Waals surface area contributed by atoms with Gasteiger partial charge in [0, 0.05) is 34.3 Å². The van der Waals surface area contributed by atoms with Crippen molar-refractivity contribution in [3.8, 4) is 0 Å². The minimum Gasteiger partial charge on any atom is -0.352 e. The van der Waals surface area contributed by atoms with Gasteiger partial charge in [0.05, 0.1) is 0 Å². The molecule has 5 nitrogen and oxygen atoms in total. The van der Waals surface area contributed by atoms with Crippen LogP contribution in [0, 0.1) is 0 Å². The van der Waals surface area contributed by atoms with Crippen molar-refractivity contribution in [3.05, 3.63) is 59.1 Å². The van der Waals surface area contributed by atoms with E-state index in [2.05, 4.69) is 10.6 Å². The summed E-state index contributed by atoms with van der Waals surface area (Å²) in [6, 6.07) is 14.1. The van der Waals surface area contributed by atoms with E-state index in [-0.39, 0.29) is 5.91 Å². The van der Waals surface area contributed by atoms with E-state index in [4.69, 9.17) is 17.3 Å². The number of nitrogens with one attached hydrogen (secondary N) is 2. The van der Waals surface area contributed by atoms with Crippen molar-refractivity contribution < 1.29 is 9.59 Å². The van der Waals surface area contributed by atoms with Gasteiger partial charge in [-0.2, -0.15) is 0 Å². The number of hydrogen-bond donors (Lipinski definition) is 3. The molecular formula is C17H18ClN3O2S. The van der Waals surface area contributed by atoms with Crippen molar-refractivity contribution in [2.75, 3.05) is 11.1 Å². The lowest BCUT2D eigenvalue weighted by molar-refractivity contribution is -0.120. The number of benzene rings is 2. The van der Waals surface area contributed by atoms with Crippen molar-refractivity contribution in [1.29, 1.82) is 0 Å². The average molecular weight is 364 g/mol. The molecule has 0 aliphatic rings. The third kappa shape index (κ3) is 6.52. The Labute approximate surface area is 150 Å². The summed E-state index contributed by atoms with van der Waals surface area (Å²) in [5.74, 6) is 0.699. The summed E-state index contributed by atoms with van der Waals surface area (Å²) in [5.41, 5.74) is 6.61. The molecule has 0 aliphatic carbocycles. The van der Waals surface area contributed by atoms with Gasteiger partial charge in [0.1, 0.15) is 0 Å². The largest absolute Gasteiger partial charge is 0.352 e. The van der Waals surface area contributed by atoms with Gasteiger partial charge in [-0.05, 0) is 42.0 Å². The Bertz CT molecular complexity index is 690. The van der Waals surface area contributed by atoms with Gasteiger partial charge in [0.2, 0.25) is 5.91 Å². The third-order valence-corrected chi connectivity index (χ3v) is 4.39. The topological polar surface area (TPSA) is 84.2 Å². The summed E-state index contributed by atoms with van der Waals surface area (Å²) in [6.45, 7) is 0.446. The van der Waals surface area contributed by atoms with Crippen molar-refractivity contribution in [2.45, 2.75) is 17.9 Å². The molecule has 0 saturated carbocycles. The van der Waals surface area contributed by atoms with Gasteiger partial charge in [-0.1, -0.05) is 23.7 Å². The van der Waals surface area contributed by atoms with E-state index in [1.54, 1.807) is 23.9 Å². The molecule has 0 aromatic heterocycles. The lowest BCUT2D eigenvalue weighted by atomic mass is 10.2. The molecule has 2 rings (SSSR count). The lowest BCUT2D eigenvalue weighted by Gasteiger charge is -2.07. The van der Waals surface area contributed by atoms with Crippen LogP contribution in [0.5, 0.6) is 0 Å². The van der Waals surface area contributed by atoms with Crippen LogP contribution in [0.3, 0.4) is 0 Å². The molecule has 0 heterocycles. The highest BCUT2D eigenvalue weighted by Crippen LogP contribution is 2.20. The van der Waals surface area contributed by atoms with E-state index in [9.17, 15) is 9.59 Å². The minimum absolute atomic E-state index is 0.00389. The molecule has 7 heteroatoms. The Morgan fingerprint density at radius 2 is 1.71 bits per heavy atom. The summed E-state index contributed by atoms with van der Waals surface area (Å²) in [5, 5.41) is 6.06. The van der Waals surface area contributed by atoms with Crippen LogP contribution in [0.1, 0.15) is 12.0 Å². The maximum atomic E-state index is 11.9. The zero-order valence-corrected chi connectivity index (χ0v) is 14.5. The fourth-order valence-corrected chi connectivity index (χ4v) is 2.91. The summed E-state index contributed by atoms with van der Waals surface area (Å²) >= 11 is 7.45. The summed E-state index contributed by atoms with van der Waals surface area (Å²) in [4.78, 5) is 23.7. The van der Waals surface area contributed by atoms with Crippen LogP contribution in [0.15, 0.2) is 53.4 Å². The SMILES string of the molecule is NC(=O)Nc1ccc(CNC(=O)CCSc2ccc(Cl)cc2)cc1. The van der Waals surface area contributed by atoms with Crippen molar-refractivity contribution in [2.24, 2.45) is 5.73 Å². The summed E-state index contributed by atoms with van der Waals surface area (Å²) in [7, 11) is 0. The van der Waals surface area contributed by atoms with E-state index in [0.717, 1.165) is 10.5 Å². The second-order valence-electron chi connectivity index (χ2n) is 5.02. The second kappa shape index (κ2) is 9.20. The molecule has 4 N–H and O–H groups in total. The Morgan fingerprint density at radius 1 is 1.04 bits per heavy atom. The number of amides is 3. The molecule has 2 aromatic rings. The monoisotopic (exact) mass is 363 g/mol. The van der Waals surface area contributed by atoms with Gasteiger partial charge >= 0.3 is 6.03 Å². The Morgan fingerprint density at radius 3 is 2.33 bits per heavy atom. The van der Waals surface area contributed by atoms with E-state index in [1.165, 1.54) is 0 Å². The maximum Gasteiger partial charge on any atom is 0.316 e. The quantitative estimate of drug-likeness (QED) is 0.657. The van der Waals surface area contributed by atoms with E-state index in [0.29, 0.717) is 29.4 Å². The first-order valence-corrected chi connectivity index (χ1v) is 8.70. The first-order valence-electron chi connectivity index (χ1n) is 7.33. The Hall–Kier alpha value is -2.18. The Kier molecular flexibility index (Phi) is 6.96. The fraction of sp³-hybridized carbons (Fsp3) is 0.176. The van der Waals surface area contributed by atoms with Crippen molar-refractivity contribution in [3.63, 3.8) is 0 Å². The van der Waals surface area contributed by atoms with Gasteiger partial charge < -0.3 is 16.4 Å². The number of thioether (sulfide) groups is 1. The van der Waals surface area contributed by atoms with E-state index < -0.39 is 6.03 Å². The highest BCUT2D eigenvalue weighted by molar-refractivity contribution is 7.99. The number of nitrogens with two attached hydrogens (primary N) is 1. The number of hydrogen-bond acceptors (Lipinski definition) is 3. The molecule has 0 spiro atoms. The van der Waals surface area contributed by atoms with Gasteiger partial charge in [-0.3, -0.25) is 4.79 Å². The van der Waals surface area contributed by atoms with Gasteiger partial charge in [0.25, 0.3) is 0 Å². The minimum atomic E-state index is -0.603. The smallest absolute Gasteiger partial charge is 0.316 e. The van der Waals surface area contributed by atoms with Gasteiger partial charge in [-0.15, -0.1) is 11.8 Å². The molecule has 126 valence electrons. The number of urea groups is 1. The molecular weight excluding hydrogens is 346 g/mol. The van der Waals surface area contributed by atoms with Crippen LogP contribution in [0.25, 0.3) is 0 Å². The molecule has 0 unspecified atom stereocenters. The molecule has 2 aromatic carbocycles. The lowest BCUT2D eigenvalue weighted by Crippen LogP contribution is -2.23. The second-order valence-corrected chi connectivity index (χ2v) is 6.62. The van der Waals surface area contributed by atoms with Crippen LogP contribution in [-0.2, 0) is 11.3 Å². The number of anilines is 1. The van der Waals surface area contributed by atoms with Crippen molar-refractivity contribution >= 4 is 41.0 Å². The normalized spacial score (nSPS) is 10.2. The molecule has 0 bridgehead atoms. The van der Waals surface area contributed by atoms with Gasteiger partial charge in [0.15, 0.2) is 0 Å². The average Bonchev–Trinajstić information content (AvgIpc) is 2.55. The molecule has 0 aliphatic heterocycles. The standard InChI is InChI=1S/C17H18ClN3O2S/c18-13-3-7-15(8-4-13)24-10-9-16(22)20-11-12-1-5-14(6-2-12)21-17(19)23/h1-8H,9-11H2,(H,20,22)(H3,19,21,23). The van der Waals surface area contributed by atoms with Gasteiger partial charge in [-0.25, -0.2) is 4.79 Å². The number of carbonyl (C=O) groups is 2. The van der Waals surface area contributed by atoms with Crippen LogP contribution >= 0.6 is 23.4 Å². The van der Waals surface area contributed by atoms with Crippen LogP contribution in [-0.4, -0.2) is 17.7 Å². The predicted molar refractivity (Wildman–Crippen MR) is 98.3 cm³/mol. The summed E-state index contributed by atoms with van der Waals surface area (Å²) < 4.78 is 0. The van der Waals surface area contributed by atoms with Crippen LogP contribution < -0.4 is 16.4 Å². The molecule has 3 amide bonds.